The third kappa shape index (κ3) is 4.19. The third-order valence-electron chi connectivity index (χ3n) is 4.65. The van der Waals surface area contributed by atoms with Gasteiger partial charge in [0.05, 0.1) is 12.1 Å². The third-order valence-corrected chi connectivity index (χ3v) is 4.65. The fourth-order valence-electron chi connectivity index (χ4n) is 3.13. The lowest BCUT2D eigenvalue weighted by Crippen LogP contribution is -2.34. The molecule has 0 aromatic heterocycles. The van der Waals surface area contributed by atoms with Crippen LogP contribution in [0.15, 0.2) is 91.0 Å². The number of rotatable bonds is 6. The minimum Gasteiger partial charge on any atom is -0.388 e. The fourth-order valence-corrected chi connectivity index (χ4v) is 3.13. The smallest absolute Gasteiger partial charge is 0.251 e. The number of amides is 1. The van der Waals surface area contributed by atoms with E-state index in [-0.39, 0.29) is 17.9 Å². The Kier molecular flexibility index (Phi) is 5.82. The molecule has 3 aromatic rings. The lowest BCUT2D eigenvalue weighted by Gasteiger charge is -2.29. The molecule has 0 spiro atoms. The number of hydrogen-bond donors (Lipinski definition) is 2. The normalized spacial score (nSPS) is 14.2. The highest BCUT2D eigenvalue weighted by Gasteiger charge is 2.28. The van der Waals surface area contributed by atoms with E-state index in [1.54, 1.807) is 12.1 Å². The summed E-state index contributed by atoms with van der Waals surface area (Å²) in [6, 6.07) is 28.2. The van der Waals surface area contributed by atoms with Crippen LogP contribution in [0.25, 0.3) is 0 Å². The van der Waals surface area contributed by atoms with Gasteiger partial charge in [-0.3, -0.25) is 4.79 Å². The Labute approximate surface area is 154 Å². The average molecular weight is 345 g/mol. The summed E-state index contributed by atoms with van der Waals surface area (Å²) in [5.41, 5.74) is 2.42. The maximum Gasteiger partial charge on any atom is 0.251 e. The first-order chi connectivity index (χ1) is 12.7. The van der Waals surface area contributed by atoms with Gasteiger partial charge < -0.3 is 10.4 Å². The Bertz CT molecular complexity index is 819. The summed E-state index contributed by atoms with van der Waals surface area (Å²) in [4.78, 5) is 12.7. The molecule has 26 heavy (non-hydrogen) atoms. The standard InChI is InChI=1S/C23H23NO2/c1-17(22(25)19-13-7-3-8-14-19)21(18-11-5-2-6-12-18)24-23(26)20-15-9-4-10-16-20/h2-17,21-22,25H,1H3,(H,24,26)/t17-,21+,22+/m0/s1. The molecule has 3 aromatic carbocycles. The Balaban J connectivity index is 1.87. The van der Waals surface area contributed by atoms with E-state index in [1.807, 2.05) is 85.8 Å². The van der Waals surface area contributed by atoms with Gasteiger partial charge >= 0.3 is 0 Å². The second-order valence-corrected chi connectivity index (χ2v) is 6.44. The molecule has 3 atom stereocenters. The second kappa shape index (κ2) is 8.45. The zero-order valence-corrected chi connectivity index (χ0v) is 14.7. The van der Waals surface area contributed by atoms with Gasteiger partial charge in [0, 0.05) is 11.5 Å². The monoisotopic (exact) mass is 345 g/mol. The molecule has 0 radical (unpaired) electrons. The molecule has 0 aliphatic heterocycles. The number of aliphatic hydroxyl groups is 1. The van der Waals surface area contributed by atoms with Crippen molar-refractivity contribution in [3.63, 3.8) is 0 Å². The van der Waals surface area contributed by atoms with Crippen LogP contribution in [-0.2, 0) is 0 Å². The number of benzene rings is 3. The van der Waals surface area contributed by atoms with Crippen molar-refractivity contribution in [2.24, 2.45) is 5.92 Å². The molecule has 2 N–H and O–H groups in total. The van der Waals surface area contributed by atoms with Gasteiger partial charge in [0.25, 0.3) is 5.91 Å². The Morgan fingerprint density at radius 3 is 1.77 bits per heavy atom. The van der Waals surface area contributed by atoms with Crippen LogP contribution in [0.4, 0.5) is 0 Å². The van der Waals surface area contributed by atoms with E-state index in [1.165, 1.54) is 0 Å². The maximum absolute atomic E-state index is 12.7. The molecule has 1 amide bonds. The highest BCUT2D eigenvalue weighted by Crippen LogP contribution is 2.32. The van der Waals surface area contributed by atoms with Gasteiger partial charge in [-0.25, -0.2) is 0 Å². The minimum atomic E-state index is -0.683. The first-order valence-electron chi connectivity index (χ1n) is 8.80. The van der Waals surface area contributed by atoms with Gasteiger partial charge in [0.15, 0.2) is 0 Å². The largest absolute Gasteiger partial charge is 0.388 e. The SMILES string of the molecule is C[C@H]([C@@H](O)c1ccccc1)[C@@H](NC(=O)c1ccccc1)c1ccccc1. The van der Waals surface area contributed by atoms with Gasteiger partial charge in [-0.05, 0) is 23.3 Å². The van der Waals surface area contributed by atoms with E-state index in [2.05, 4.69) is 5.32 Å². The van der Waals surface area contributed by atoms with Crippen LogP contribution in [0.1, 0.15) is 40.6 Å². The summed E-state index contributed by atoms with van der Waals surface area (Å²) >= 11 is 0. The molecule has 3 rings (SSSR count). The van der Waals surface area contributed by atoms with E-state index in [9.17, 15) is 9.90 Å². The molecule has 0 saturated heterocycles. The summed E-state index contributed by atoms with van der Waals surface area (Å²) in [5, 5.41) is 14.0. The first-order valence-corrected chi connectivity index (χ1v) is 8.80. The summed E-state index contributed by atoms with van der Waals surface area (Å²) in [6.07, 6.45) is -0.683. The average Bonchev–Trinajstić information content (AvgIpc) is 2.72. The molecular weight excluding hydrogens is 322 g/mol. The van der Waals surface area contributed by atoms with Crippen molar-refractivity contribution in [3.8, 4) is 0 Å². The van der Waals surface area contributed by atoms with E-state index >= 15 is 0 Å². The summed E-state index contributed by atoms with van der Waals surface area (Å²) in [7, 11) is 0. The molecule has 0 aliphatic carbocycles. The predicted molar refractivity (Wildman–Crippen MR) is 104 cm³/mol. The Morgan fingerprint density at radius 1 is 0.769 bits per heavy atom. The number of hydrogen-bond acceptors (Lipinski definition) is 2. The second-order valence-electron chi connectivity index (χ2n) is 6.44. The summed E-state index contributed by atoms with van der Waals surface area (Å²) in [6.45, 7) is 1.96. The van der Waals surface area contributed by atoms with Crippen LogP contribution in [0, 0.1) is 5.92 Å². The van der Waals surface area contributed by atoms with E-state index in [0.717, 1.165) is 11.1 Å². The minimum absolute atomic E-state index is 0.147. The predicted octanol–water partition coefficient (Wildman–Crippen LogP) is 4.53. The van der Waals surface area contributed by atoms with Crippen LogP contribution >= 0.6 is 0 Å². The van der Waals surface area contributed by atoms with Gasteiger partial charge in [0.2, 0.25) is 0 Å². The van der Waals surface area contributed by atoms with Crippen molar-refractivity contribution in [1.29, 1.82) is 0 Å². The maximum atomic E-state index is 12.7. The van der Waals surface area contributed by atoms with Crippen molar-refractivity contribution in [1.82, 2.24) is 5.32 Å². The summed E-state index contributed by atoms with van der Waals surface area (Å²) < 4.78 is 0. The van der Waals surface area contributed by atoms with Crippen molar-refractivity contribution >= 4 is 5.91 Å². The van der Waals surface area contributed by atoms with E-state index in [0.29, 0.717) is 5.56 Å². The molecule has 132 valence electrons. The number of carbonyl (C=O) groups excluding carboxylic acids is 1. The molecule has 3 heteroatoms. The zero-order valence-electron chi connectivity index (χ0n) is 14.7. The topological polar surface area (TPSA) is 49.3 Å². The van der Waals surface area contributed by atoms with Gasteiger partial charge in [-0.1, -0.05) is 85.8 Å². The van der Waals surface area contributed by atoms with E-state index in [4.69, 9.17) is 0 Å². The van der Waals surface area contributed by atoms with Crippen molar-refractivity contribution < 1.29 is 9.90 Å². The Hall–Kier alpha value is -2.91. The lowest BCUT2D eigenvalue weighted by atomic mass is 9.86. The molecule has 0 fully saturated rings. The van der Waals surface area contributed by atoms with Crippen molar-refractivity contribution in [2.45, 2.75) is 19.1 Å². The Morgan fingerprint density at radius 2 is 1.23 bits per heavy atom. The van der Waals surface area contributed by atoms with Crippen LogP contribution < -0.4 is 5.32 Å². The van der Waals surface area contributed by atoms with Crippen LogP contribution in [0.2, 0.25) is 0 Å². The van der Waals surface area contributed by atoms with E-state index < -0.39 is 6.10 Å². The van der Waals surface area contributed by atoms with Crippen molar-refractivity contribution in [3.05, 3.63) is 108 Å². The van der Waals surface area contributed by atoms with Gasteiger partial charge in [0.1, 0.15) is 0 Å². The molecule has 0 aliphatic rings. The lowest BCUT2D eigenvalue weighted by molar-refractivity contribution is 0.0779. The molecular formula is C23H23NO2. The van der Waals surface area contributed by atoms with Crippen molar-refractivity contribution in [2.75, 3.05) is 0 Å². The first kappa shape index (κ1) is 17.9. The quantitative estimate of drug-likeness (QED) is 0.690. The van der Waals surface area contributed by atoms with Crippen LogP contribution in [0.3, 0.4) is 0 Å². The molecule has 3 nitrogen and oxygen atoms in total. The number of aliphatic hydroxyl groups excluding tert-OH is 1. The molecule has 0 unspecified atom stereocenters. The number of carbonyl (C=O) groups is 1. The van der Waals surface area contributed by atoms with Crippen LogP contribution in [0.5, 0.6) is 0 Å². The van der Waals surface area contributed by atoms with Crippen LogP contribution in [-0.4, -0.2) is 11.0 Å². The molecule has 0 saturated carbocycles. The highest BCUT2D eigenvalue weighted by molar-refractivity contribution is 5.94. The molecule has 0 bridgehead atoms. The molecule has 0 heterocycles. The number of nitrogens with one attached hydrogen (secondary N) is 1. The highest BCUT2D eigenvalue weighted by atomic mass is 16.3. The zero-order chi connectivity index (χ0) is 18.4. The fraction of sp³-hybridized carbons (Fsp3) is 0.174. The van der Waals surface area contributed by atoms with Gasteiger partial charge in [-0.15, -0.1) is 0 Å². The van der Waals surface area contributed by atoms with Gasteiger partial charge in [-0.2, -0.15) is 0 Å². The summed E-state index contributed by atoms with van der Waals surface area (Å²) in [5.74, 6) is -0.348.